The van der Waals surface area contributed by atoms with Crippen molar-refractivity contribution in [1.29, 1.82) is 0 Å². The van der Waals surface area contributed by atoms with Gasteiger partial charge in [0.2, 0.25) is 0 Å². The summed E-state index contributed by atoms with van der Waals surface area (Å²) in [6.07, 6.45) is 2.98. The fourth-order valence-corrected chi connectivity index (χ4v) is 3.96. The van der Waals surface area contributed by atoms with Crippen molar-refractivity contribution in [2.75, 3.05) is 20.3 Å². The molecular weight excluding hydrogens is 292 g/mol. The molecule has 120 valence electrons. The number of amides is 1. The van der Waals surface area contributed by atoms with Crippen LogP contribution in [0.1, 0.15) is 16.8 Å². The number of ether oxygens (including phenoxy) is 2. The van der Waals surface area contributed by atoms with Crippen molar-refractivity contribution < 1.29 is 14.3 Å². The molecule has 1 aromatic heterocycles. The number of benzene rings is 1. The number of carbonyl (C=O) groups excluding carboxylic acids is 1. The topological polar surface area (TPSA) is 60.5 Å². The predicted molar refractivity (Wildman–Crippen MR) is 86.2 cm³/mol. The molecule has 2 heterocycles. The lowest BCUT2D eigenvalue weighted by Gasteiger charge is -2.47. The van der Waals surface area contributed by atoms with Crippen molar-refractivity contribution in [2.24, 2.45) is 11.8 Å². The monoisotopic (exact) mass is 312 g/mol. The Labute approximate surface area is 135 Å². The summed E-state index contributed by atoms with van der Waals surface area (Å²) in [6, 6.07) is 9.57. The fraction of sp³-hybridized carbons (Fsp3) is 0.444. The minimum Gasteiger partial charge on any atom is -0.384 e. The lowest BCUT2D eigenvalue weighted by atomic mass is 9.67. The minimum absolute atomic E-state index is 0.0416. The maximum Gasteiger partial charge on any atom is 0.252 e. The number of carbonyl (C=O) groups is 1. The van der Waals surface area contributed by atoms with Gasteiger partial charge in [-0.05, 0) is 24.6 Å². The Bertz CT molecular complexity index is 728. The van der Waals surface area contributed by atoms with E-state index >= 15 is 0 Å². The van der Waals surface area contributed by atoms with Crippen LogP contribution in [0.4, 0.5) is 0 Å². The first kappa shape index (κ1) is 14.6. The summed E-state index contributed by atoms with van der Waals surface area (Å²) in [5, 5.41) is 4.09. The summed E-state index contributed by atoms with van der Waals surface area (Å²) in [5.41, 5.74) is 1.51. The zero-order chi connectivity index (χ0) is 15.8. The van der Waals surface area contributed by atoms with Crippen LogP contribution in [-0.4, -0.2) is 43.4 Å². The van der Waals surface area contributed by atoms with Crippen molar-refractivity contribution >= 4 is 16.8 Å². The maximum absolute atomic E-state index is 12.8. The van der Waals surface area contributed by atoms with Crippen LogP contribution >= 0.6 is 0 Å². The molecule has 4 rings (SSSR count). The Hall–Kier alpha value is -1.98. The Kier molecular flexibility index (Phi) is 3.75. The van der Waals surface area contributed by atoms with E-state index in [1.165, 1.54) is 0 Å². The zero-order valence-electron chi connectivity index (χ0n) is 13.1. The van der Waals surface area contributed by atoms with Crippen LogP contribution in [-0.2, 0) is 9.47 Å². The lowest BCUT2D eigenvalue weighted by molar-refractivity contribution is -0.0809. The number of rotatable bonds is 4. The average Bonchev–Trinajstić information content (AvgIpc) is 3.01. The molecule has 0 bridgehead atoms. The third-order valence-electron chi connectivity index (χ3n) is 5.08. The molecule has 1 amide bonds. The summed E-state index contributed by atoms with van der Waals surface area (Å²) in [4.78, 5) is 17.1. The Balaban J connectivity index is 1.57. The second-order valence-electron chi connectivity index (χ2n) is 6.28. The van der Waals surface area contributed by atoms with Crippen molar-refractivity contribution in [2.45, 2.75) is 18.6 Å². The molecule has 5 nitrogen and oxygen atoms in total. The lowest BCUT2D eigenvalue weighted by Crippen LogP contribution is -2.62. The number of fused-ring (bicyclic) bond motifs is 2. The van der Waals surface area contributed by atoms with Gasteiger partial charge in [0, 0.05) is 48.7 Å². The van der Waals surface area contributed by atoms with E-state index in [0.29, 0.717) is 18.1 Å². The standard InChI is InChI=1S/C18H20N2O3/c1-22-10-14-16(13-7-9-23-17(13)14)20-18(21)12-4-2-6-15-11(12)5-3-8-19-15/h2-6,8,13-14,16-17H,7,9-10H2,1H3,(H,20,21)/t13-,14+,16+,17-/m0/s1. The van der Waals surface area contributed by atoms with Crippen LogP contribution in [0.25, 0.3) is 10.9 Å². The van der Waals surface area contributed by atoms with E-state index in [9.17, 15) is 4.79 Å². The normalized spacial score (nSPS) is 29.1. The summed E-state index contributed by atoms with van der Waals surface area (Å²) in [5.74, 6) is 0.608. The van der Waals surface area contributed by atoms with Crippen LogP contribution < -0.4 is 5.32 Å². The van der Waals surface area contributed by atoms with Crippen molar-refractivity contribution in [1.82, 2.24) is 10.3 Å². The molecule has 1 aliphatic heterocycles. The van der Waals surface area contributed by atoms with Gasteiger partial charge in [-0.3, -0.25) is 9.78 Å². The number of hydrogen-bond donors (Lipinski definition) is 1. The quantitative estimate of drug-likeness (QED) is 0.938. The summed E-state index contributed by atoms with van der Waals surface area (Å²) in [6.45, 7) is 1.39. The number of nitrogens with one attached hydrogen (secondary N) is 1. The molecule has 0 radical (unpaired) electrons. The Morgan fingerprint density at radius 2 is 2.30 bits per heavy atom. The molecule has 1 saturated carbocycles. The summed E-state index contributed by atoms with van der Waals surface area (Å²) < 4.78 is 11.1. The average molecular weight is 312 g/mol. The SMILES string of the molecule is COC[C@@H]1[C@H](NC(=O)c2cccc3ncccc23)[C@@H]2CCO[C@H]12. The number of aromatic nitrogens is 1. The van der Waals surface area contributed by atoms with E-state index < -0.39 is 0 Å². The van der Waals surface area contributed by atoms with Gasteiger partial charge in [0.05, 0.1) is 18.2 Å². The molecule has 4 atom stereocenters. The van der Waals surface area contributed by atoms with Crippen molar-refractivity contribution in [3.8, 4) is 0 Å². The highest BCUT2D eigenvalue weighted by Crippen LogP contribution is 2.43. The van der Waals surface area contributed by atoms with Crippen LogP contribution in [0.2, 0.25) is 0 Å². The van der Waals surface area contributed by atoms with Gasteiger partial charge in [-0.2, -0.15) is 0 Å². The molecule has 1 aromatic carbocycles. The second kappa shape index (κ2) is 5.91. The highest BCUT2D eigenvalue weighted by atomic mass is 16.5. The second-order valence-corrected chi connectivity index (χ2v) is 6.28. The van der Waals surface area contributed by atoms with Crippen LogP contribution in [0, 0.1) is 11.8 Å². The molecule has 23 heavy (non-hydrogen) atoms. The third kappa shape index (κ3) is 2.40. The first-order valence-electron chi connectivity index (χ1n) is 8.05. The van der Waals surface area contributed by atoms with Crippen molar-refractivity contribution in [3.63, 3.8) is 0 Å². The predicted octanol–water partition coefficient (Wildman–Crippen LogP) is 2.01. The number of hydrogen-bond acceptors (Lipinski definition) is 4. The van der Waals surface area contributed by atoms with Gasteiger partial charge in [-0.15, -0.1) is 0 Å². The molecule has 2 aromatic rings. The highest BCUT2D eigenvalue weighted by molar-refractivity contribution is 6.06. The van der Waals surface area contributed by atoms with E-state index in [-0.39, 0.29) is 24.0 Å². The molecule has 1 N–H and O–H groups in total. The molecule has 1 aliphatic carbocycles. The molecule has 0 spiro atoms. The number of methoxy groups -OCH3 is 1. The molecule has 5 heteroatoms. The van der Waals surface area contributed by atoms with E-state index in [1.807, 2.05) is 30.3 Å². The third-order valence-corrected chi connectivity index (χ3v) is 5.08. The fourth-order valence-electron chi connectivity index (χ4n) is 3.96. The molecule has 1 saturated heterocycles. The Morgan fingerprint density at radius 1 is 1.39 bits per heavy atom. The molecule has 2 aliphatic rings. The van der Waals surface area contributed by atoms with Crippen LogP contribution in [0.15, 0.2) is 36.5 Å². The molecule has 0 unspecified atom stereocenters. The summed E-state index contributed by atoms with van der Waals surface area (Å²) in [7, 11) is 1.69. The van der Waals surface area contributed by atoms with Gasteiger partial charge < -0.3 is 14.8 Å². The van der Waals surface area contributed by atoms with E-state index in [4.69, 9.17) is 9.47 Å². The van der Waals surface area contributed by atoms with E-state index in [2.05, 4.69) is 10.3 Å². The van der Waals surface area contributed by atoms with Gasteiger partial charge in [-0.25, -0.2) is 0 Å². The molecule has 2 fully saturated rings. The number of nitrogens with zero attached hydrogens (tertiary/aromatic N) is 1. The van der Waals surface area contributed by atoms with E-state index in [0.717, 1.165) is 23.9 Å². The van der Waals surface area contributed by atoms with Gasteiger partial charge in [0.15, 0.2) is 0 Å². The first-order chi connectivity index (χ1) is 11.3. The van der Waals surface area contributed by atoms with Gasteiger partial charge in [0.1, 0.15) is 0 Å². The largest absolute Gasteiger partial charge is 0.384 e. The van der Waals surface area contributed by atoms with Crippen molar-refractivity contribution in [3.05, 3.63) is 42.1 Å². The van der Waals surface area contributed by atoms with E-state index in [1.54, 1.807) is 13.3 Å². The minimum atomic E-state index is -0.0416. The van der Waals surface area contributed by atoms with Gasteiger partial charge in [0.25, 0.3) is 5.91 Å². The number of pyridine rings is 1. The van der Waals surface area contributed by atoms with Gasteiger partial charge in [-0.1, -0.05) is 12.1 Å². The van der Waals surface area contributed by atoms with Gasteiger partial charge >= 0.3 is 0 Å². The van der Waals surface area contributed by atoms with Crippen LogP contribution in [0.3, 0.4) is 0 Å². The van der Waals surface area contributed by atoms with Crippen LogP contribution in [0.5, 0.6) is 0 Å². The highest BCUT2D eigenvalue weighted by Gasteiger charge is 2.54. The Morgan fingerprint density at radius 3 is 3.17 bits per heavy atom. The first-order valence-corrected chi connectivity index (χ1v) is 8.05. The molecular formula is C18H20N2O3. The zero-order valence-corrected chi connectivity index (χ0v) is 13.1. The summed E-state index contributed by atoms with van der Waals surface area (Å²) >= 11 is 0. The smallest absolute Gasteiger partial charge is 0.252 e. The maximum atomic E-state index is 12.8.